The van der Waals surface area contributed by atoms with E-state index in [1.165, 1.54) is 0 Å². The maximum absolute atomic E-state index is 5.88. The molecule has 1 rings (SSSR count). The van der Waals surface area contributed by atoms with Gasteiger partial charge in [-0.2, -0.15) is 0 Å². The van der Waals surface area contributed by atoms with Gasteiger partial charge in [-0.3, -0.25) is 4.90 Å². The highest BCUT2D eigenvalue weighted by Crippen LogP contribution is 2.03. The highest BCUT2D eigenvalue weighted by atomic mass is 15.1. The molecule has 0 fully saturated rings. The van der Waals surface area contributed by atoms with Crippen LogP contribution in [0.25, 0.3) is 0 Å². The van der Waals surface area contributed by atoms with E-state index >= 15 is 0 Å². The van der Waals surface area contributed by atoms with Crippen molar-refractivity contribution < 1.29 is 0 Å². The van der Waals surface area contributed by atoms with Crippen molar-refractivity contribution in [1.82, 2.24) is 14.5 Å². The van der Waals surface area contributed by atoms with Crippen molar-refractivity contribution in [1.29, 1.82) is 0 Å². The molecule has 92 valence electrons. The van der Waals surface area contributed by atoms with Gasteiger partial charge in [0.05, 0.1) is 6.54 Å². The SMILES string of the molecule is CCC(N)CCCN(C)Cc1nccn1C. The molecule has 0 aliphatic carbocycles. The number of hydrogen-bond acceptors (Lipinski definition) is 3. The van der Waals surface area contributed by atoms with Crippen LogP contribution in [0.2, 0.25) is 0 Å². The van der Waals surface area contributed by atoms with E-state index in [4.69, 9.17) is 5.73 Å². The summed E-state index contributed by atoms with van der Waals surface area (Å²) in [6, 6.07) is 0.363. The van der Waals surface area contributed by atoms with Crippen LogP contribution in [0.5, 0.6) is 0 Å². The second kappa shape index (κ2) is 6.66. The standard InChI is InChI=1S/C12H24N4/c1-4-11(13)6-5-8-15(2)10-12-14-7-9-16(12)3/h7,9,11H,4-6,8,10,13H2,1-3H3. The molecular formula is C12H24N4. The largest absolute Gasteiger partial charge is 0.337 e. The van der Waals surface area contributed by atoms with Crippen molar-refractivity contribution in [2.24, 2.45) is 12.8 Å². The van der Waals surface area contributed by atoms with E-state index in [1.807, 2.05) is 19.4 Å². The van der Waals surface area contributed by atoms with Crippen LogP contribution in [0.3, 0.4) is 0 Å². The summed E-state index contributed by atoms with van der Waals surface area (Å²) >= 11 is 0. The summed E-state index contributed by atoms with van der Waals surface area (Å²) < 4.78 is 2.06. The second-order valence-electron chi connectivity index (χ2n) is 4.50. The fourth-order valence-corrected chi connectivity index (χ4v) is 1.70. The molecular weight excluding hydrogens is 200 g/mol. The van der Waals surface area contributed by atoms with Crippen molar-refractivity contribution in [3.8, 4) is 0 Å². The Kier molecular flexibility index (Phi) is 5.49. The zero-order chi connectivity index (χ0) is 12.0. The maximum atomic E-state index is 5.88. The number of hydrogen-bond donors (Lipinski definition) is 1. The monoisotopic (exact) mass is 224 g/mol. The number of rotatable bonds is 7. The second-order valence-corrected chi connectivity index (χ2v) is 4.50. The van der Waals surface area contributed by atoms with Gasteiger partial charge in [0.1, 0.15) is 5.82 Å². The van der Waals surface area contributed by atoms with Gasteiger partial charge in [0, 0.05) is 25.5 Å². The summed E-state index contributed by atoms with van der Waals surface area (Å²) in [6.07, 6.45) is 7.17. The third kappa shape index (κ3) is 4.33. The van der Waals surface area contributed by atoms with Crippen molar-refractivity contribution in [3.63, 3.8) is 0 Å². The van der Waals surface area contributed by atoms with Gasteiger partial charge in [0.2, 0.25) is 0 Å². The van der Waals surface area contributed by atoms with Crippen molar-refractivity contribution in [2.45, 2.75) is 38.8 Å². The Morgan fingerprint density at radius 1 is 1.56 bits per heavy atom. The summed E-state index contributed by atoms with van der Waals surface area (Å²) in [5.41, 5.74) is 5.88. The highest BCUT2D eigenvalue weighted by molar-refractivity contribution is 4.90. The van der Waals surface area contributed by atoms with Gasteiger partial charge >= 0.3 is 0 Å². The van der Waals surface area contributed by atoms with E-state index in [0.29, 0.717) is 6.04 Å². The lowest BCUT2D eigenvalue weighted by Crippen LogP contribution is -2.24. The third-order valence-corrected chi connectivity index (χ3v) is 2.97. The van der Waals surface area contributed by atoms with Crippen molar-refractivity contribution >= 4 is 0 Å². The summed E-state index contributed by atoms with van der Waals surface area (Å²) in [7, 11) is 4.16. The fraction of sp³-hybridized carbons (Fsp3) is 0.750. The number of aryl methyl sites for hydroxylation is 1. The van der Waals surface area contributed by atoms with E-state index in [-0.39, 0.29) is 0 Å². The van der Waals surface area contributed by atoms with Crippen LogP contribution in [-0.2, 0) is 13.6 Å². The average Bonchev–Trinajstić information content (AvgIpc) is 2.64. The Balaban J connectivity index is 2.21. The molecule has 1 atom stereocenters. The lowest BCUT2D eigenvalue weighted by Gasteiger charge is -2.17. The van der Waals surface area contributed by atoms with Gasteiger partial charge in [-0.1, -0.05) is 6.92 Å². The normalized spacial score (nSPS) is 13.3. The third-order valence-electron chi connectivity index (χ3n) is 2.97. The van der Waals surface area contributed by atoms with E-state index in [9.17, 15) is 0 Å². The van der Waals surface area contributed by atoms with E-state index in [0.717, 1.165) is 38.2 Å². The summed E-state index contributed by atoms with van der Waals surface area (Å²) in [6.45, 7) is 4.13. The molecule has 1 unspecified atom stereocenters. The molecule has 0 saturated heterocycles. The number of nitrogens with two attached hydrogens (primary N) is 1. The lowest BCUT2D eigenvalue weighted by molar-refractivity contribution is 0.302. The molecule has 4 nitrogen and oxygen atoms in total. The first-order valence-corrected chi connectivity index (χ1v) is 6.03. The molecule has 0 saturated carbocycles. The zero-order valence-corrected chi connectivity index (χ0v) is 10.7. The Bertz CT molecular complexity index is 295. The average molecular weight is 224 g/mol. The van der Waals surface area contributed by atoms with Crippen LogP contribution < -0.4 is 5.73 Å². The molecule has 2 N–H and O–H groups in total. The molecule has 4 heteroatoms. The minimum Gasteiger partial charge on any atom is -0.337 e. The Morgan fingerprint density at radius 3 is 2.88 bits per heavy atom. The van der Waals surface area contributed by atoms with Crippen molar-refractivity contribution in [3.05, 3.63) is 18.2 Å². The number of nitrogens with zero attached hydrogens (tertiary/aromatic N) is 3. The van der Waals surface area contributed by atoms with Gasteiger partial charge in [-0.25, -0.2) is 4.98 Å². The predicted octanol–water partition coefficient (Wildman–Crippen LogP) is 1.37. The minimum absolute atomic E-state index is 0.363. The molecule has 16 heavy (non-hydrogen) atoms. The first kappa shape index (κ1) is 13.2. The molecule has 0 aliphatic rings. The molecule has 0 bridgehead atoms. The smallest absolute Gasteiger partial charge is 0.122 e. The van der Waals surface area contributed by atoms with Gasteiger partial charge in [0.25, 0.3) is 0 Å². The minimum atomic E-state index is 0.363. The first-order chi connectivity index (χ1) is 7.63. The summed E-state index contributed by atoms with van der Waals surface area (Å²) in [5, 5.41) is 0. The van der Waals surface area contributed by atoms with Gasteiger partial charge < -0.3 is 10.3 Å². The van der Waals surface area contributed by atoms with Gasteiger partial charge in [-0.05, 0) is 32.9 Å². The van der Waals surface area contributed by atoms with E-state index < -0.39 is 0 Å². The molecule has 1 aromatic rings. The maximum Gasteiger partial charge on any atom is 0.122 e. The highest BCUT2D eigenvalue weighted by Gasteiger charge is 2.05. The predicted molar refractivity (Wildman–Crippen MR) is 67.0 cm³/mol. The van der Waals surface area contributed by atoms with Crippen LogP contribution in [0.1, 0.15) is 32.0 Å². The Morgan fingerprint density at radius 2 is 2.31 bits per heavy atom. The zero-order valence-electron chi connectivity index (χ0n) is 10.7. The number of aromatic nitrogens is 2. The van der Waals surface area contributed by atoms with Crippen LogP contribution in [0, 0.1) is 0 Å². The van der Waals surface area contributed by atoms with Crippen LogP contribution in [-0.4, -0.2) is 34.1 Å². The summed E-state index contributed by atoms with van der Waals surface area (Å²) in [4.78, 5) is 6.61. The Labute approximate surface area is 98.5 Å². The van der Waals surface area contributed by atoms with Crippen molar-refractivity contribution in [2.75, 3.05) is 13.6 Å². The molecule has 1 heterocycles. The van der Waals surface area contributed by atoms with E-state index in [2.05, 4.69) is 28.4 Å². The molecule has 0 aromatic carbocycles. The van der Waals surface area contributed by atoms with Gasteiger partial charge in [0.15, 0.2) is 0 Å². The fourth-order valence-electron chi connectivity index (χ4n) is 1.70. The summed E-state index contributed by atoms with van der Waals surface area (Å²) in [5.74, 6) is 1.11. The molecule has 0 radical (unpaired) electrons. The number of imidazole rings is 1. The van der Waals surface area contributed by atoms with Crippen LogP contribution >= 0.6 is 0 Å². The first-order valence-electron chi connectivity index (χ1n) is 6.03. The molecule has 0 aliphatic heterocycles. The topological polar surface area (TPSA) is 47.1 Å². The van der Waals surface area contributed by atoms with Crippen LogP contribution in [0.4, 0.5) is 0 Å². The van der Waals surface area contributed by atoms with Crippen LogP contribution in [0.15, 0.2) is 12.4 Å². The lowest BCUT2D eigenvalue weighted by atomic mass is 10.1. The molecule has 1 aromatic heterocycles. The van der Waals surface area contributed by atoms with E-state index in [1.54, 1.807) is 0 Å². The molecule has 0 amide bonds. The van der Waals surface area contributed by atoms with Gasteiger partial charge in [-0.15, -0.1) is 0 Å². The Hall–Kier alpha value is -0.870. The quantitative estimate of drug-likeness (QED) is 0.761. The molecule has 0 spiro atoms.